The van der Waals surface area contributed by atoms with Crippen LogP contribution >= 0.6 is 0 Å². The first kappa shape index (κ1) is 15.2. The van der Waals surface area contributed by atoms with Gasteiger partial charge >= 0.3 is 5.92 Å². The molecule has 0 heterocycles. The lowest BCUT2D eigenvalue weighted by molar-refractivity contribution is -0.216. The van der Waals surface area contributed by atoms with Gasteiger partial charge in [0, 0.05) is 0 Å². The molecule has 0 aromatic heterocycles. The molecule has 0 aromatic carbocycles. The summed E-state index contributed by atoms with van der Waals surface area (Å²) < 4.78 is 27.9. The fourth-order valence-electron chi connectivity index (χ4n) is 2.99. The molecule has 2 saturated carbocycles. The Kier molecular flexibility index (Phi) is 4.28. The third-order valence-electron chi connectivity index (χ3n) is 4.60. The lowest BCUT2D eigenvalue weighted by atomic mass is 9.75. The van der Waals surface area contributed by atoms with E-state index in [1.807, 2.05) is 6.07 Å². The van der Waals surface area contributed by atoms with Crippen LogP contribution in [0.1, 0.15) is 51.4 Å². The molecule has 112 valence electrons. The molecule has 2 rings (SSSR count). The summed E-state index contributed by atoms with van der Waals surface area (Å²) in [7, 11) is 0. The lowest BCUT2D eigenvalue weighted by Gasteiger charge is -2.42. The van der Waals surface area contributed by atoms with E-state index in [2.05, 4.69) is 5.32 Å². The monoisotopic (exact) mass is 286 g/mol. The Morgan fingerprint density at radius 1 is 1.30 bits per heavy atom. The number of hydrogen-bond acceptors (Lipinski definition) is 3. The SMILES string of the molecule is N#CC(NC(=O)C(F)(F)C1(O)CCC1)C1CCCCC1. The fourth-order valence-corrected chi connectivity index (χ4v) is 2.99. The van der Waals surface area contributed by atoms with Gasteiger partial charge in [0.05, 0.1) is 6.07 Å². The quantitative estimate of drug-likeness (QED) is 0.831. The van der Waals surface area contributed by atoms with Gasteiger partial charge in [0.15, 0.2) is 0 Å². The first-order valence-corrected chi connectivity index (χ1v) is 7.21. The number of carbonyl (C=O) groups is 1. The molecule has 4 nitrogen and oxygen atoms in total. The van der Waals surface area contributed by atoms with Crippen LogP contribution in [0.4, 0.5) is 8.78 Å². The highest BCUT2D eigenvalue weighted by atomic mass is 19.3. The van der Waals surface area contributed by atoms with E-state index in [0.29, 0.717) is 6.42 Å². The maximum absolute atomic E-state index is 13.9. The number of alkyl halides is 2. The van der Waals surface area contributed by atoms with Gasteiger partial charge in [-0.1, -0.05) is 19.3 Å². The lowest BCUT2D eigenvalue weighted by Crippen LogP contribution is -2.62. The van der Waals surface area contributed by atoms with E-state index in [1.165, 1.54) is 0 Å². The minimum Gasteiger partial charge on any atom is -0.383 e. The van der Waals surface area contributed by atoms with Crippen molar-refractivity contribution < 1.29 is 18.7 Å². The van der Waals surface area contributed by atoms with Gasteiger partial charge in [-0.05, 0) is 38.0 Å². The van der Waals surface area contributed by atoms with Crippen molar-refractivity contribution in [1.82, 2.24) is 5.32 Å². The maximum atomic E-state index is 13.9. The van der Waals surface area contributed by atoms with E-state index >= 15 is 0 Å². The Morgan fingerprint density at radius 2 is 1.90 bits per heavy atom. The highest BCUT2D eigenvalue weighted by Gasteiger charge is 2.61. The van der Waals surface area contributed by atoms with Gasteiger partial charge in [0.1, 0.15) is 11.6 Å². The second kappa shape index (κ2) is 5.65. The number of carbonyl (C=O) groups excluding carboxylic acids is 1. The smallest absolute Gasteiger partial charge is 0.352 e. The zero-order valence-corrected chi connectivity index (χ0v) is 11.4. The maximum Gasteiger partial charge on any atom is 0.352 e. The van der Waals surface area contributed by atoms with Crippen molar-refractivity contribution in [3.05, 3.63) is 0 Å². The van der Waals surface area contributed by atoms with Crippen LogP contribution in [0, 0.1) is 17.2 Å². The molecule has 0 spiro atoms. The molecular formula is C14H20F2N2O2. The van der Waals surface area contributed by atoms with Crippen LogP contribution in [0.5, 0.6) is 0 Å². The number of rotatable bonds is 4. The molecule has 0 aromatic rings. The largest absolute Gasteiger partial charge is 0.383 e. The number of halogens is 2. The van der Waals surface area contributed by atoms with E-state index in [-0.39, 0.29) is 18.8 Å². The molecule has 1 atom stereocenters. The molecule has 2 N–H and O–H groups in total. The van der Waals surface area contributed by atoms with Crippen molar-refractivity contribution in [2.24, 2.45) is 5.92 Å². The van der Waals surface area contributed by atoms with Gasteiger partial charge in [-0.3, -0.25) is 4.79 Å². The Labute approximate surface area is 117 Å². The van der Waals surface area contributed by atoms with Crippen LogP contribution in [0.2, 0.25) is 0 Å². The zero-order valence-electron chi connectivity index (χ0n) is 11.4. The summed E-state index contributed by atoms with van der Waals surface area (Å²) in [5.74, 6) is -5.41. The van der Waals surface area contributed by atoms with Crippen molar-refractivity contribution in [1.29, 1.82) is 5.26 Å². The van der Waals surface area contributed by atoms with E-state index in [1.54, 1.807) is 0 Å². The zero-order chi connectivity index (χ0) is 14.8. The number of aliphatic hydroxyl groups is 1. The van der Waals surface area contributed by atoms with Crippen LogP contribution in [0.15, 0.2) is 0 Å². The van der Waals surface area contributed by atoms with Gasteiger partial charge in [0.2, 0.25) is 0 Å². The molecule has 1 amide bonds. The first-order chi connectivity index (χ1) is 9.40. The molecule has 20 heavy (non-hydrogen) atoms. The molecule has 6 heteroatoms. The van der Waals surface area contributed by atoms with E-state index in [0.717, 1.165) is 32.1 Å². The van der Waals surface area contributed by atoms with Crippen molar-refractivity contribution in [2.45, 2.75) is 68.9 Å². The van der Waals surface area contributed by atoms with E-state index < -0.39 is 23.5 Å². The number of amides is 1. The van der Waals surface area contributed by atoms with Gasteiger partial charge in [-0.25, -0.2) is 0 Å². The minimum atomic E-state index is -3.82. The molecule has 0 saturated heterocycles. The van der Waals surface area contributed by atoms with Crippen LogP contribution in [0.3, 0.4) is 0 Å². The Bertz CT molecular complexity index is 410. The predicted molar refractivity (Wildman–Crippen MR) is 67.9 cm³/mol. The second-order valence-corrected chi connectivity index (χ2v) is 5.94. The van der Waals surface area contributed by atoms with Crippen LogP contribution in [-0.2, 0) is 4.79 Å². The fraction of sp³-hybridized carbons (Fsp3) is 0.857. The van der Waals surface area contributed by atoms with Gasteiger partial charge in [-0.15, -0.1) is 0 Å². The van der Waals surface area contributed by atoms with Crippen molar-refractivity contribution in [3.63, 3.8) is 0 Å². The van der Waals surface area contributed by atoms with Gasteiger partial charge in [-0.2, -0.15) is 14.0 Å². The summed E-state index contributed by atoms with van der Waals surface area (Å²) in [4.78, 5) is 11.7. The van der Waals surface area contributed by atoms with Crippen molar-refractivity contribution >= 4 is 5.91 Å². The molecule has 1 unspecified atom stereocenters. The summed E-state index contributed by atoms with van der Waals surface area (Å²) >= 11 is 0. The summed E-state index contributed by atoms with van der Waals surface area (Å²) in [6.07, 6.45) is 4.88. The number of nitrogens with one attached hydrogen (secondary N) is 1. The van der Waals surface area contributed by atoms with Crippen LogP contribution in [-0.4, -0.2) is 28.6 Å². The number of hydrogen-bond donors (Lipinski definition) is 2. The molecular weight excluding hydrogens is 266 g/mol. The Morgan fingerprint density at radius 3 is 2.35 bits per heavy atom. The second-order valence-electron chi connectivity index (χ2n) is 5.94. The van der Waals surface area contributed by atoms with E-state index in [9.17, 15) is 18.7 Å². The van der Waals surface area contributed by atoms with Crippen molar-refractivity contribution in [2.75, 3.05) is 0 Å². The molecule has 0 aliphatic heterocycles. The molecule has 2 aliphatic carbocycles. The van der Waals surface area contributed by atoms with Crippen molar-refractivity contribution in [3.8, 4) is 6.07 Å². The van der Waals surface area contributed by atoms with Gasteiger partial charge in [0.25, 0.3) is 5.91 Å². The molecule has 2 aliphatic rings. The minimum absolute atomic E-state index is 0.0652. The molecule has 2 fully saturated rings. The number of nitriles is 1. The predicted octanol–water partition coefficient (Wildman–Crippen LogP) is 2.13. The highest BCUT2D eigenvalue weighted by Crippen LogP contribution is 2.44. The van der Waals surface area contributed by atoms with Crippen LogP contribution in [0.25, 0.3) is 0 Å². The third-order valence-corrected chi connectivity index (χ3v) is 4.60. The summed E-state index contributed by atoms with van der Waals surface area (Å²) in [6.45, 7) is 0. The Balaban J connectivity index is 2.00. The summed E-state index contributed by atoms with van der Waals surface area (Å²) in [5, 5.41) is 20.9. The van der Waals surface area contributed by atoms with E-state index in [4.69, 9.17) is 5.26 Å². The molecule has 0 radical (unpaired) electrons. The topological polar surface area (TPSA) is 73.1 Å². The Hall–Kier alpha value is -1.22. The highest BCUT2D eigenvalue weighted by molar-refractivity contribution is 5.85. The standard InChI is InChI=1S/C14H20F2N2O2/c15-14(16,13(20)7-4-8-13)12(19)18-11(9-17)10-5-2-1-3-6-10/h10-11,20H,1-8H2,(H,18,19). The third kappa shape index (κ3) is 2.64. The number of nitrogens with zero attached hydrogens (tertiary/aromatic N) is 1. The summed E-state index contributed by atoms with van der Waals surface area (Å²) in [6, 6.07) is 1.02. The first-order valence-electron chi connectivity index (χ1n) is 7.21. The average molecular weight is 286 g/mol. The normalized spacial score (nSPS) is 24.3. The molecule has 0 bridgehead atoms. The van der Waals surface area contributed by atoms with Crippen LogP contribution < -0.4 is 5.32 Å². The average Bonchev–Trinajstić information content (AvgIpc) is 2.42. The van der Waals surface area contributed by atoms with Gasteiger partial charge < -0.3 is 10.4 Å². The summed E-state index contributed by atoms with van der Waals surface area (Å²) in [5.41, 5.74) is -2.23.